The van der Waals surface area contributed by atoms with Crippen molar-refractivity contribution in [3.8, 4) is 0 Å². The van der Waals surface area contributed by atoms with Gasteiger partial charge in [0.05, 0.1) is 18.6 Å². The number of hydrogen-bond donors (Lipinski definition) is 1. The van der Waals surface area contributed by atoms with Crippen molar-refractivity contribution >= 4 is 15.8 Å². The predicted molar refractivity (Wildman–Crippen MR) is 65.5 cm³/mol. The Bertz CT molecular complexity index is 352. The fourth-order valence-electron chi connectivity index (χ4n) is 2.03. The van der Waals surface area contributed by atoms with Crippen LogP contribution >= 0.6 is 0 Å². The van der Waals surface area contributed by atoms with E-state index in [1.165, 1.54) is 7.11 Å². The molecule has 1 aliphatic heterocycles. The molecule has 0 spiro atoms. The van der Waals surface area contributed by atoms with Gasteiger partial charge in [-0.15, -0.1) is 0 Å². The van der Waals surface area contributed by atoms with Crippen molar-refractivity contribution in [3.63, 3.8) is 0 Å². The van der Waals surface area contributed by atoms with E-state index in [1.54, 1.807) is 0 Å². The van der Waals surface area contributed by atoms with Gasteiger partial charge in [0.1, 0.15) is 6.04 Å². The second kappa shape index (κ2) is 6.35. The van der Waals surface area contributed by atoms with E-state index in [9.17, 15) is 13.2 Å². The SMILES string of the molecule is CCCCC(NC1CCS(=O)(=O)C1)C(=O)OC. The Hall–Kier alpha value is -0.620. The van der Waals surface area contributed by atoms with E-state index < -0.39 is 9.84 Å². The Labute approximate surface area is 103 Å². The summed E-state index contributed by atoms with van der Waals surface area (Å²) in [6.45, 7) is 2.05. The van der Waals surface area contributed by atoms with Gasteiger partial charge in [-0.1, -0.05) is 19.8 Å². The monoisotopic (exact) mass is 263 g/mol. The molecule has 0 aromatic carbocycles. The molecule has 0 bridgehead atoms. The third kappa shape index (κ3) is 4.63. The summed E-state index contributed by atoms with van der Waals surface area (Å²) in [6.07, 6.45) is 3.20. The molecule has 0 amide bonds. The minimum Gasteiger partial charge on any atom is -0.468 e. The topological polar surface area (TPSA) is 72.5 Å². The van der Waals surface area contributed by atoms with Crippen LogP contribution in [0.1, 0.15) is 32.6 Å². The van der Waals surface area contributed by atoms with Gasteiger partial charge in [0.25, 0.3) is 0 Å². The van der Waals surface area contributed by atoms with E-state index in [0.29, 0.717) is 12.8 Å². The zero-order valence-electron chi connectivity index (χ0n) is 10.4. The number of rotatable bonds is 6. The highest BCUT2D eigenvalue weighted by Gasteiger charge is 2.31. The van der Waals surface area contributed by atoms with Gasteiger partial charge in [-0.25, -0.2) is 8.42 Å². The maximum absolute atomic E-state index is 11.5. The maximum atomic E-state index is 11.5. The second-order valence-corrected chi connectivity index (χ2v) is 6.71. The van der Waals surface area contributed by atoms with Crippen molar-refractivity contribution in [3.05, 3.63) is 0 Å². The molecule has 17 heavy (non-hydrogen) atoms. The van der Waals surface area contributed by atoms with Crippen LogP contribution in [0.25, 0.3) is 0 Å². The molecule has 1 saturated heterocycles. The Morgan fingerprint density at radius 3 is 2.71 bits per heavy atom. The van der Waals surface area contributed by atoms with Crippen LogP contribution in [-0.2, 0) is 19.4 Å². The van der Waals surface area contributed by atoms with E-state index in [-0.39, 0.29) is 29.6 Å². The lowest BCUT2D eigenvalue weighted by atomic mass is 10.1. The van der Waals surface area contributed by atoms with Crippen LogP contribution in [0, 0.1) is 0 Å². The minimum absolute atomic E-state index is 0.110. The minimum atomic E-state index is -2.91. The van der Waals surface area contributed by atoms with Gasteiger partial charge in [-0.05, 0) is 12.8 Å². The zero-order chi connectivity index (χ0) is 12.9. The van der Waals surface area contributed by atoms with Crippen LogP contribution in [0.2, 0.25) is 0 Å². The molecule has 1 N–H and O–H groups in total. The smallest absolute Gasteiger partial charge is 0.322 e. The van der Waals surface area contributed by atoms with Crippen LogP contribution in [0.4, 0.5) is 0 Å². The largest absolute Gasteiger partial charge is 0.468 e. The lowest BCUT2D eigenvalue weighted by Crippen LogP contribution is -2.44. The Morgan fingerprint density at radius 2 is 2.24 bits per heavy atom. The molecular weight excluding hydrogens is 242 g/mol. The average molecular weight is 263 g/mol. The fraction of sp³-hybridized carbons (Fsp3) is 0.909. The van der Waals surface area contributed by atoms with Gasteiger partial charge < -0.3 is 10.1 Å². The average Bonchev–Trinajstić information content (AvgIpc) is 2.63. The number of nitrogens with one attached hydrogen (secondary N) is 1. The molecule has 0 saturated carbocycles. The van der Waals surface area contributed by atoms with Gasteiger partial charge in [-0.2, -0.15) is 0 Å². The molecular formula is C11H21NO4S. The quantitative estimate of drug-likeness (QED) is 0.706. The maximum Gasteiger partial charge on any atom is 0.322 e. The number of hydrogen-bond acceptors (Lipinski definition) is 5. The molecule has 0 aromatic rings. The highest BCUT2D eigenvalue weighted by atomic mass is 32.2. The molecule has 6 heteroatoms. The molecule has 0 aliphatic carbocycles. The first-order chi connectivity index (χ1) is 7.98. The lowest BCUT2D eigenvalue weighted by Gasteiger charge is -2.19. The van der Waals surface area contributed by atoms with Gasteiger partial charge in [-0.3, -0.25) is 4.79 Å². The van der Waals surface area contributed by atoms with Crippen molar-refractivity contribution in [1.29, 1.82) is 0 Å². The summed E-state index contributed by atoms with van der Waals surface area (Å²) in [5.74, 6) is 0.0432. The lowest BCUT2D eigenvalue weighted by molar-refractivity contribution is -0.143. The van der Waals surface area contributed by atoms with Crippen LogP contribution in [0.3, 0.4) is 0 Å². The highest BCUT2D eigenvalue weighted by Crippen LogP contribution is 2.13. The summed E-state index contributed by atoms with van der Waals surface area (Å²) in [5, 5.41) is 3.10. The molecule has 0 aromatic heterocycles. The van der Waals surface area contributed by atoms with Gasteiger partial charge in [0.2, 0.25) is 0 Å². The number of methoxy groups -OCH3 is 1. The van der Waals surface area contributed by atoms with Crippen molar-refractivity contribution in [2.75, 3.05) is 18.6 Å². The summed E-state index contributed by atoms with van der Waals surface area (Å²) in [4.78, 5) is 11.5. The third-order valence-corrected chi connectivity index (χ3v) is 4.77. The molecule has 1 heterocycles. The second-order valence-electron chi connectivity index (χ2n) is 4.48. The van der Waals surface area contributed by atoms with E-state index in [4.69, 9.17) is 4.74 Å². The first-order valence-electron chi connectivity index (χ1n) is 6.03. The van der Waals surface area contributed by atoms with E-state index in [1.807, 2.05) is 6.92 Å². The third-order valence-electron chi connectivity index (χ3n) is 3.00. The molecule has 100 valence electrons. The van der Waals surface area contributed by atoms with E-state index in [0.717, 1.165) is 12.8 Å². The summed E-state index contributed by atoms with van der Waals surface area (Å²) >= 11 is 0. The first kappa shape index (κ1) is 14.4. The number of esters is 1. The van der Waals surface area contributed by atoms with E-state index in [2.05, 4.69) is 5.32 Å². The molecule has 2 unspecified atom stereocenters. The van der Waals surface area contributed by atoms with Crippen LogP contribution in [0.5, 0.6) is 0 Å². The van der Waals surface area contributed by atoms with Crippen LogP contribution < -0.4 is 5.32 Å². The zero-order valence-corrected chi connectivity index (χ0v) is 11.3. The van der Waals surface area contributed by atoms with Gasteiger partial charge in [0, 0.05) is 6.04 Å². The van der Waals surface area contributed by atoms with Crippen molar-refractivity contribution in [2.45, 2.75) is 44.7 Å². The Morgan fingerprint density at radius 1 is 1.53 bits per heavy atom. The molecule has 5 nitrogen and oxygen atoms in total. The summed E-state index contributed by atoms with van der Waals surface area (Å²) < 4.78 is 27.4. The first-order valence-corrected chi connectivity index (χ1v) is 7.85. The number of ether oxygens (including phenoxy) is 1. The summed E-state index contributed by atoms with van der Waals surface area (Å²) in [6, 6.07) is -0.487. The predicted octanol–water partition coefficient (Wildman–Crippen LogP) is 0.495. The molecule has 1 rings (SSSR count). The van der Waals surface area contributed by atoms with Gasteiger partial charge >= 0.3 is 5.97 Å². The normalized spacial score (nSPS) is 24.5. The van der Waals surface area contributed by atoms with Crippen molar-refractivity contribution < 1.29 is 17.9 Å². The molecule has 1 aliphatic rings. The number of unbranched alkanes of at least 4 members (excludes halogenated alkanes) is 1. The summed E-state index contributed by atoms with van der Waals surface area (Å²) in [5.41, 5.74) is 0. The Kier molecular flexibility index (Phi) is 5.39. The van der Waals surface area contributed by atoms with Gasteiger partial charge in [0.15, 0.2) is 9.84 Å². The van der Waals surface area contributed by atoms with Crippen LogP contribution in [0.15, 0.2) is 0 Å². The molecule has 2 atom stereocenters. The molecule has 1 fully saturated rings. The number of carbonyl (C=O) groups is 1. The standard InChI is InChI=1S/C11H21NO4S/c1-3-4-5-10(11(13)16-2)12-9-6-7-17(14,15)8-9/h9-10,12H,3-8H2,1-2H3. The fourth-order valence-corrected chi connectivity index (χ4v) is 3.72. The molecule has 0 radical (unpaired) electrons. The van der Waals surface area contributed by atoms with Crippen molar-refractivity contribution in [2.24, 2.45) is 0 Å². The van der Waals surface area contributed by atoms with E-state index >= 15 is 0 Å². The summed E-state index contributed by atoms with van der Waals surface area (Å²) in [7, 11) is -1.55. The van der Waals surface area contributed by atoms with Crippen molar-refractivity contribution in [1.82, 2.24) is 5.32 Å². The number of sulfone groups is 1. The number of carbonyl (C=O) groups excluding carboxylic acids is 1. The highest BCUT2D eigenvalue weighted by molar-refractivity contribution is 7.91. The van der Waals surface area contributed by atoms with Crippen LogP contribution in [-0.4, -0.2) is 45.1 Å². The Balaban J connectivity index is 2.51.